The molecule has 0 aromatic heterocycles. The Morgan fingerprint density at radius 3 is 2.52 bits per heavy atom. The molecule has 1 rings (SSSR count). The first-order chi connectivity index (χ1) is 11.2. The van der Waals surface area contributed by atoms with E-state index in [0.717, 1.165) is 25.9 Å². The van der Waals surface area contributed by atoms with Crippen LogP contribution in [0.3, 0.4) is 0 Å². The van der Waals surface area contributed by atoms with Gasteiger partial charge in [-0.15, -0.1) is 0 Å². The van der Waals surface area contributed by atoms with Gasteiger partial charge in [0.1, 0.15) is 12.2 Å². The molecule has 0 radical (unpaired) electrons. The highest BCUT2D eigenvalue weighted by Crippen LogP contribution is 2.20. The zero-order valence-electron chi connectivity index (χ0n) is 15.3. The summed E-state index contributed by atoms with van der Waals surface area (Å²) in [5.41, 5.74) is 6.33. The second kappa shape index (κ2) is 12.9. The van der Waals surface area contributed by atoms with Crippen molar-refractivity contribution in [2.45, 2.75) is 89.6 Å². The highest BCUT2D eigenvalue weighted by Gasteiger charge is 2.38. The van der Waals surface area contributed by atoms with E-state index < -0.39 is 0 Å². The van der Waals surface area contributed by atoms with Crippen molar-refractivity contribution in [2.24, 2.45) is 5.73 Å². The van der Waals surface area contributed by atoms with Gasteiger partial charge in [0.05, 0.1) is 18.8 Å². The van der Waals surface area contributed by atoms with Crippen LogP contribution in [-0.4, -0.2) is 44.7 Å². The van der Waals surface area contributed by atoms with E-state index in [2.05, 4.69) is 26.0 Å². The molecule has 4 atom stereocenters. The molecule has 136 valence electrons. The monoisotopic (exact) mass is 327 g/mol. The molecule has 0 aliphatic carbocycles. The number of methoxy groups -OCH3 is 1. The Hall–Kier alpha value is -0.420. The molecule has 0 aromatic carbocycles. The highest BCUT2D eigenvalue weighted by atomic mass is 16.6. The Morgan fingerprint density at radius 2 is 1.83 bits per heavy atom. The number of allylic oxidation sites excluding steroid dienone is 1. The summed E-state index contributed by atoms with van der Waals surface area (Å²) in [6.07, 6.45) is 13.9. The number of ether oxygens (including phenoxy) is 3. The zero-order chi connectivity index (χ0) is 16.9. The molecule has 0 bridgehead atoms. The van der Waals surface area contributed by atoms with Gasteiger partial charge in [0, 0.05) is 13.7 Å². The minimum atomic E-state index is -0.170. The van der Waals surface area contributed by atoms with Crippen molar-refractivity contribution in [3.8, 4) is 0 Å². The average Bonchev–Trinajstić information content (AvgIpc) is 2.56. The lowest BCUT2D eigenvalue weighted by molar-refractivity contribution is -0.154. The summed E-state index contributed by atoms with van der Waals surface area (Å²) in [4.78, 5) is 0. The van der Waals surface area contributed by atoms with Crippen LogP contribution >= 0.6 is 0 Å². The average molecular weight is 328 g/mol. The maximum atomic E-state index is 6.33. The van der Waals surface area contributed by atoms with Crippen molar-refractivity contribution >= 4 is 0 Å². The molecular weight excluding hydrogens is 290 g/mol. The van der Waals surface area contributed by atoms with E-state index in [1.54, 1.807) is 7.11 Å². The van der Waals surface area contributed by atoms with Gasteiger partial charge in [-0.25, -0.2) is 0 Å². The number of unbranched alkanes of at least 4 members (excludes halogenated alkanes) is 6. The Morgan fingerprint density at radius 1 is 1.09 bits per heavy atom. The highest BCUT2D eigenvalue weighted by molar-refractivity contribution is 5.02. The smallest absolute Gasteiger partial charge is 0.109 e. The second-order valence-electron chi connectivity index (χ2n) is 6.47. The van der Waals surface area contributed by atoms with Gasteiger partial charge in [-0.1, -0.05) is 58.1 Å². The van der Waals surface area contributed by atoms with Crippen LogP contribution in [0.5, 0.6) is 0 Å². The zero-order valence-corrected chi connectivity index (χ0v) is 15.3. The van der Waals surface area contributed by atoms with Crippen molar-refractivity contribution in [1.82, 2.24) is 0 Å². The Bertz CT molecular complexity index is 309. The minimum Gasteiger partial charge on any atom is -0.377 e. The van der Waals surface area contributed by atoms with Crippen LogP contribution in [-0.2, 0) is 14.2 Å². The van der Waals surface area contributed by atoms with Crippen LogP contribution < -0.4 is 5.73 Å². The molecule has 1 saturated heterocycles. The summed E-state index contributed by atoms with van der Waals surface area (Å²) in [7, 11) is 1.71. The lowest BCUT2D eigenvalue weighted by Gasteiger charge is -2.39. The molecule has 0 saturated carbocycles. The third-order valence-corrected chi connectivity index (χ3v) is 4.48. The minimum absolute atomic E-state index is 0.0553. The van der Waals surface area contributed by atoms with Crippen LogP contribution in [0, 0.1) is 0 Å². The summed E-state index contributed by atoms with van der Waals surface area (Å²) in [5, 5.41) is 0. The lowest BCUT2D eigenvalue weighted by atomic mass is 9.97. The van der Waals surface area contributed by atoms with Crippen molar-refractivity contribution in [2.75, 3.05) is 20.3 Å². The van der Waals surface area contributed by atoms with Gasteiger partial charge in [-0.2, -0.15) is 0 Å². The number of nitrogens with two attached hydrogens (primary N) is 1. The predicted molar refractivity (Wildman–Crippen MR) is 95.7 cm³/mol. The fourth-order valence-electron chi connectivity index (χ4n) is 2.96. The fraction of sp³-hybridized carbons (Fsp3) is 0.895. The molecule has 1 aliphatic heterocycles. The fourth-order valence-corrected chi connectivity index (χ4v) is 2.96. The molecule has 23 heavy (non-hydrogen) atoms. The molecule has 1 fully saturated rings. The van der Waals surface area contributed by atoms with Crippen LogP contribution in [0.1, 0.15) is 65.2 Å². The predicted octanol–water partition coefficient (Wildman–Crippen LogP) is 3.83. The van der Waals surface area contributed by atoms with Crippen LogP contribution in [0.15, 0.2) is 12.2 Å². The van der Waals surface area contributed by atoms with Gasteiger partial charge in [0.2, 0.25) is 0 Å². The van der Waals surface area contributed by atoms with Crippen LogP contribution in [0.4, 0.5) is 0 Å². The number of hydrogen-bond donors (Lipinski definition) is 1. The quantitative estimate of drug-likeness (QED) is 0.437. The van der Waals surface area contributed by atoms with E-state index in [9.17, 15) is 0 Å². The largest absolute Gasteiger partial charge is 0.377 e. The van der Waals surface area contributed by atoms with E-state index in [-0.39, 0.29) is 24.4 Å². The van der Waals surface area contributed by atoms with E-state index in [1.165, 1.54) is 32.1 Å². The molecule has 1 aliphatic rings. The maximum absolute atomic E-state index is 6.33. The van der Waals surface area contributed by atoms with E-state index in [4.69, 9.17) is 19.9 Å². The molecule has 0 spiro atoms. The van der Waals surface area contributed by atoms with E-state index in [1.807, 2.05) is 0 Å². The van der Waals surface area contributed by atoms with Gasteiger partial charge in [-0.05, 0) is 19.3 Å². The molecule has 1 heterocycles. The van der Waals surface area contributed by atoms with Gasteiger partial charge < -0.3 is 19.9 Å². The summed E-state index contributed by atoms with van der Waals surface area (Å²) in [6, 6.07) is -0.170. The second-order valence-corrected chi connectivity index (χ2v) is 6.47. The van der Waals surface area contributed by atoms with Gasteiger partial charge in [-0.3, -0.25) is 0 Å². The molecule has 0 unspecified atom stereocenters. The summed E-state index contributed by atoms with van der Waals surface area (Å²) in [6.45, 7) is 5.70. The van der Waals surface area contributed by atoms with Crippen molar-refractivity contribution < 1.29 is 14.2 Å². The molecule has 4 nitrogen and oxygen atoms in total. The third kappa shape index (κ3) is 7.79. The molecule has 2 N–H and O–H groups in total. The number of rotatable bonds is 12. The first-order valence-electron chi connectivity index (χ1n) is 9.42. The Balaban J connectivity index is 2.32. The normalized spacial score (nSPS) is 28.5. The first kappa shape index (κ1) is 20.6. The van der Waals surface area contributed by atoms with Crippen molar-refractivity contribution in [3.05, 3.63) is 12.2 Å². The first-order valence-corrected chi connectivity index (χ1v) is 9.42. The SMILES string of the molecule is CCCCCCC/C=C/[C@@H]1OC[C@@H](OCCCC)[C@H](OC)[C@@H]1N. The Labute approximate surface area is 142 Å². The van der Waals surface area contributed by atoms with Gasteiger partial charge in [0.25, 0.3) is 0 Å². The van der Waals surface area contributed by atoms with Crippen molar-refractivity contribution in [1.29, 1.82) is 0 Å². The van der Waals surface area contributed by atoms with Gasteiger partial charge >= 0.3 is 0 Å². The van der Waals surface area contributed by atoms with E-state index >= 15 is 0 Å². The van der Waals surface area contributed by atoms with E-state index in [0.29, 0.717) is 6.61 Å². The lowest BCUT2D eigenvalue weighted by Crippen LogP contribution is -2.58. The van der Waals surface area contributed by atoms with Crippen LogP contribution in [0.2, 0.25) is 0 Å². The Kier molecular flexibility index (Phi) is 11.6. The molecule has 4 heteroatoms. The number of hydrogen-bond acceptors (Lipinski definition) is 4. The summed E-state index contributed by atoms with van der Waals surface area (Å²) >= 11 is 0. The van der Waals surface area contributed by atoms with Gasteiger partial charge in [0.15, 0.2) is 0 Å². The molecule has 0 aromatic rings. The standard InChI is InChI=1S/C19H37NO3/c1-4-6-8-9-10-11-12-13-16-18(20)19(21-3)17(15-23-16)22-14-7-5-2/h12-13,16-19H,4-11,14-15,20H2,1-3H3/b13-12+/t16-,17+,18+,19-/m0/s1. The maximum Gasteiger partial charge on any atom is 0.109 e. The topological polar surface area (TPSA) is 53.7 Å². The molecule has 0 amide bonds. The summed E-state index contributed by atoms with van der Waals surface area (Å²) < 4.78 is 17.4. The summed E-state index contributed by atoms with van der Waals surface area (Å²) in [5.74, 6) is 0. The van der Waals surface area contributed by atoms with Crippen LogP contribution in [0.25, 0.3) is 0 Å². The third-order valence-electron chi connectivity index (χ3n) is 4.48. The van der Waals surface area contributed by atoms with Crippen molar-refractivity contribution in [3.63, 3.8) is 0 Å². The molecular formula is C19H37NO3.